The van der Waals surface area contributed by atoms with E-state index < -0.39 is 17.8 Å². The number of thiophene rings is 1. The Morgan fingerprint density at radius 1 is 1.00 bits per heavy atom. The molecule has 42 heavy (non-hydrogen) atoms. The number of methoxy groups -OCH3 is 2. The summed E-state index contributed by atoms with van der Waals surface area (Å²) in [4.78, 5) is 44.9. The number of esters is 1. The summed E-state index contributed by atoms with van der Waals surface area (Å²) in [5, 5.41) is 7.66. The number of nitrogens with one attached hydrogen (secondary N) is 2. The highest BCUT2D eigenvalue weighted by Gasteiger charge is 2.27. The molecule has 4 aromatic rings. The van der Waals surface area contributed by atoms with Gasteiger partial charge in [0.15, 0.2) is 5.69 Å². The van der Waals surface area contributed by atoms with E-state index in [0.29, 0.717) is 47.9 Å². The predicted octanol–water partition coefficient (Wildman–Crippen LogP) is 4.29. The molecule has 2 amide bonds. The summed E-state index contributed by atoms with van der Waals surface area (Å²) in [6, 6.07) is 15.9. The van der Waals surface area contributed by atoms with Crippen LogP contribution in [0.15, 0.2) is 60.0 Å². The molecule has 3 heterocycles. The lowest BCUT2D eigenvalue weighted by molar-refractivity contribution is 0.0594. The van der Waals surface area contributed by atoms with Gasteiger partial charge in [-0.25, -0.2) is 9.78 Å². The average Bonchev–Trinajstić information content (AvgIpc) is 3.41. The fourth-order valence-corrected chi connectivity index (χ4v) is 5.64. The molecule has 5 rings (SSSR count). The highest BCUT2D eigenvalue weighted by molar-refractivity contribution is 7.13. The van der Waals surface area contributed by atoms with E-state index in [2.05, 4.69) is 21.7 Å². The van der Waals surface area contributed by atoms with Crippen molar-refractivity contribution < 1.29 is 28.6 Å². The third-order valence-electron chi connectivity index (χ3n) is 6.82. The lowest BCUT2D eigenvalue weighted by atomic mass is 9.93. The van der Waals surface area contributed by atoms with Crippen molar-refractivity contribution >= 4 is 34.8 Å². The van der Waals surface area contributed by atoms with Crippen LogP contribution in [0.1, 0.15) is 42.5 Å². The van der Waals surface area contributed by atoms with Crippen LogP contribution in [-0.2, 0) is 22.4 Å². The number of anilines is 1. The van der Waals surface area contributed by atoms with Gasteiger partial charge in [0.1, 0.15) is 11.4 Å². The molecule has 1 aliphatic heterocycles. The second-order valence-electron chi connectivity index (χ2n) is 9.46. The monoisotopic (exact) mass is 586 g/mol. The van der Waals surface area contributed by atoms with E-state index >= 15 is 0 Å². The van der Waals surface area contributed by atoms with Gasteiger partial charge in [-0.3, -0.25) is 9.59 Å². The topological polar surface area (TPSA) is 142 Å². The molecule has 0 fully saturated rings. The van der Waals surface area contributed by atoms with Crippen LogP contribution in [0, 0.1) is 0 Å². The van der Waals surface area contributed by atoms with Crippen molar-refractivity contribution in [1.29, 1.82) is 0 Å². The zero-order valence-corrected chi connectivity index (χ0v) is 24.0. The minimum absolute atomic E-state index is 0.0236. The number of benzene rings is 2. The van der Waals surface area contributed by atoms with Gasteiger partial charge in [-0.2, -0.15) is 0 Å². The Labute approximate surface area is 246 Å². The normalized spacial score (nSPS) is 11.9. The Morgan fingerprint density at radius 2 is 1.81 bits per heavy atom. The number of ether oxygens (including phenoxy) is 3. The van der Waals surface area contributed by atoms with Crippen LogP contribution in [0.25, 0.3) is 21.6 Å². The molecule has 0 unspecified atom stereocenters. The summed E-state index contributed by atoms with van der Waals surface area (Å²) >= 11 is 1.57. The molecule has 0 atom stereocenters. The van der Waals surface area contributed by atoms with Crippen LogP contribution >= 0.6 is 11.3 Å². The van der Waals surface area contributed by atoms with Crippen LogP contribution in [0.4, 0.5) is 5.69 Å². The smallest absolute Gasteiger partial charge is 0.357 e. The first kappa shape index (κ1) is 28.9. The Hall–Kier alpha value is -4.58. The number of aromatic nitrogens is 1. The zero-order chi connectivity index (χ0) is 29.6. The summed E-state index contributed by atoms with van der Waals surface area (Å²) in [7, 11) is 2.76. The van der Waals surface area contributed by atoms with Gasteiger partial charge in [0.05, 0.1) is 20.3 Å². The minimum atomic E-state index is -0.753. The molecule has 1 aliphatic rings. The molecule has 4 N–H and O–H groups in total. The molecule has 216 valence electrons. The van der Waals surface area contributed by atoms with Gasteiger partial charge in [-0.1, -0.05) is 12.1 Å². The summed E-state index contributed by atoms with van der Waals surface area (Å²) in [5.41, 5.74) is 10.1. The molecule has 2 aromatic heterocycles. The molecular weight excluding hydrogens is 556 g/mol. The maximum absolute atomic E-state index is 13.9. The molecule has 11 heteroatoms. The fourth-order valence-electron chi connectivity index (χ4n) is 4.66. The summed E-state index contributed by atoms with van der Waals surface area (Å²) in [6.45, 7) is 1.44. The van der Waals surface area contributed by atoms with E-state index in [1.54, 1.807) is 41.7 Å². The number of rotatable bonds is 9. The molecule has 0 spiro atoms. The second kappa shape index (κ2) is 12.9. The van der Waals surface area contributed by atoms with Gasteiger partial charge in [-0.15, -0.1) is 11.3 Å². The number of amides is 2. The molecule has 10 nitrogen and oxygen atoms in total. The van der Waals surface area contributed by atoms with Gasteiger partial charge in [0.2, 0.25) is 0 Å². The second-order valence-corrected chi connectivity index (χ2v) is 10.4. The Balaban J connectivity index is 1.64. The third kappa shape index (κ3) is 6.03. The molecular formula is C31H30N4O6S. The molecule has 0 radical (unpaired) electrons. The van der Waals surface area contributed by atoms with E-state index in [1.165, 1.54) is 20.3 Å². The van der Waals surface area contributed by atoms with Crippen molar-refractivity contribution in [1.82, 2.24) is 10.3 Å². The lowest BCUT2D eigenvalue weighted by Gasteiger charge is -2.17. The number of hydrogen-bond donors (Lipinski definition) is 3. The SMILES string of the molecule is COCCNC(=O)c1ccc(-c2cc3c(cc2C(=O)Nc2ccc(CN)cc2)-c2sccc2CCO3)c(C(=O)OC)n1. The predicted molar refractivity (Wildman–Crippen MR) is 160 cm³/mol. The largest absolute Gasteiger partial charge is 0.493 e. The number of carbonyl (C=O) groups excluding carboxylic acids is 3. The molecule has 0 saturated carbocycles. The minimum Gasteiger partial charge on any atom is -0.493 e. The van der Waals surface area contributed by atoms with Crippen molar-refractivity contribution in [2.75, 3.05) is 39.3 Å². The van der Waals surface area contributed by atoms with Crippen molar-refractivity contribution in [3.05, 3.63) is 88.1 Å². The molecule has 0 bridgehead atoms. The van der Waals surface area contributed by atoms with E-state index in [9.17, 15) is 14.4 Å². The van der Waals surface area contributed by atoms with E-state index in [1.807, 2.05) is 17.5 Å². The lowest BCUT2D eigenvalue weighted by Crippen LogP contribution is -2.28. The molecule has 0 saturated heterocycles. The Kier molecular flexibility index (Phi) is 8.91. The van der Waals surface area contributed by atoms with Gasteiger partial charge in [0.25, 0.3) is 11.8 Å². The number of nitrogens with two attached hydrogens (primary N) is 1. The van der Waals surface area contributed by atoms with E-state index in [4.69, 9.17) is 19.9 Å². The first-order chi connectivity index (χ1) is 20.4. The van der Waals surface area contributed by atoms with Gasteiger partial charge in [-0.05, 0) is 59.0 Å². The number of nitrogens with zero attached hydrogens (tertiary/aromatic N) is 1. The van der Waals surface area contributed by atoms with Crippen LogP contribution < -0.4 is 21.1 Å². The van der Waals surface area contributed by atoms with Gasteiger partial charge in [0, 0.05) is 59.4 Å². The van der Waals surface area contributed by atoms with Crippen molar-refractivity contribution in [2.24, 2.45) is 5.73 Å². The van der Waals surface area contributed by atoms with Crippen LogP contribution in [0.5, 0.6) is 5.75 Å². The van der Waals surface area contributed by atoms with Gasteiger partial charge < -0.3 is 30.6 Å². The highest BCUT2D eigenvalue weighted by atomic mass is 32.1. The summed E-state index contributed by atoms with van der Waals surface area (Å²) in [6.07, 6.45) is 0.722. The van der Waals surface area contributed by atoms with Gasteiger partial charge >= 0.3 is 5.97 Å². The van der Waals surface area contributed by atoms with E-state index in [0.717, 1.165) is 28.0 Å². The van der Waals surface area contributed by atoms with Crippen molar-refractivity contribution in [2.45, 2.75) is 13.0 Å². The zero-order valence-electron chi connectivity index (χ0n) is 23.2. The number of pyridine rings is 1. The standard InChI is InChI=1S/C31H30N4O6S/c1-39-13-11-33-30(37)25-8-7-21(27(35-25)31(38)40-2)22-16-26-24(28-19(9-12-41-26)10-14-42-28)15-23(22)29(36)34-20-5-3-18(17-32)4-6-20/h3-8,10,14-16H,9,11-13,17,32H2,1-2H3,(H,33,37)(H,34,36). The summed E-state index contributed by atoms with van der Waals surface area (Å²) in [5.74, 6) is -1.05. The van der Waals surface area contributed by atoms with Crippen LogP contribution in [0.2, 0.25) is 0 Å². The first-order valence-electron chi connectivity index (χ1n) is 13.3. The highest BCUT2D eigenvalue weighted by Crippen LogP contribution is 2.43. The summed E-state index contributed by atoms with van der Waals surface area (Å²) < 4.78 is 16.1. The number of carbonyl (C=O) groups is 3. The Morgan fingerprint density at radius 3 is 2.55 bits per heavy atom. The quantitative estimate of drug-likeness (QED) is 0.195. The molecule has 0 aliphatic carbocycles. The Bertz CT molecular complexity index is 1630. The number of fused-ring (bicyclic) bond motifs is 3. The molecule has 2 aromatic carbocycles. The maximum atomic E-state index is 13.9. The van der Waals surface area contributed by atoms with Crippen molar-refractivity contribution in [3.8, 4) is 27.3 Å². The average molecular weight is 587 g/mol. The fraction of sp³-hybridized carbons (Fsp3) is 0.226. The van der Waals surface area contributed by atoms with Crippen molar-refractivity contribution in [3.63, 3.8) is 0 Å². The number of hydrogen-bond acceptors (Lipinski definition) is 9. The maximum Gasteiger partial charge on any atom is 0.357 e. The van der Waals surface area contributed by atoms with Crippen LogP contribution in [-0.4, -0.2) is 56.7 Å². The first-order valence-corrected chi connectivity index (χ1v) is 14.2. The third-order valence-corrected chi connectivity index (χ3v) is 7.81. The van der Waals surface area contributed by atoms with Crippen LogP contribution in [0.3, 0.4) is 0 Å². The van der Waals surface area contributed by atoms with E-state index in [-0.39, 0.29) is 17.9 Å².